The minimum absolute atomic E-state index is 0.594. The summed E-state index contributed by atoms with van der Waals surface area (Å²) >= 11 is 0. The van der Waals surface area contributed by atoms with Crippen LogP contribution in [0, 0.1) is 13.8 Å². The van der Waals surface area contributed by atoms with Crippen LogP contribution in [0.1, 0.15) is 29.6 Å². The molecule has 104 valence electrons. The summed E-state index contributed by atoms with van der Waals surface area (Å²) in [6.45, 7) is 6.73. The highest BCUT2D eigenvalue weighted by Gasteiger charge is 2.11. The van der Waals surface area contributed by atoms with Crippen molar-refractivity contribution in [2.24, 2.45) is 0 Å². The molecule has 0 aliphatic heterocycles. The van der Waals surface area contributed by atoms with Crippen LogP contribution in [-0.4, -0.2) is 19.8 Å². The maximum absolute atomic E-state index is 4.83. The SMILES string of the molecule is CCc1cc(NCc2ccon2)n2nc(C)c(C)c2n1. The number of hydrogen-bond acceptors (Lipinski definition) is 5. The first-order valence-corrected chi connectivity index (χ1v) is 6.68. The van der Waals surface area contributed by atoms with Crippen LogP contribution in [0.4, 0.5) is 5.82 Å². The number of aromatic nitrogens is 4. The molecule has 6 nitrogen and oxygen atoms in total. The second-order valence-electron chi connectivity index (χ2n) is 4.78. The summed E-state index contributed by atoms with van der Waals surface area (Å²) < 4.78 is 6.68. The van der Waals surface area contributed by atoms with Crippen molar-refractivity contribution < 1.29 is 4.52 Å². The molecule has 0 amide bonds. The van der Waals surface area contributed by atoms with Gasteiger partial charge in [-0.05, 0) is 20.3 Å². The summed E-state index contributed by atoms with van der Waals surface area (Å²) in [5.41, 5.74) is 4.92. The fraction of sp³-hybridized carbons (Fsp3) is 0.357. The van der Waals surface area contributed by atoms with Gasteiger partial charge in [0.2, 0.25) is 0 Å². The molecule has 1 N–H and O–H groups in total. The molecule has 0 aliphatic carbocycles. The van der Waals surface area contributed by atoms with Crippen LogP contribution in [0.3, 0.4) is 0 Å². The second-order valence-corrected chi connectivity index (χ2v) is 4.78. The molecule has 0 bridgehead atoms. The third-order valence-electron chi connectivity index (χ3n) is 3.41. The van der Waals surface area contributed by atoms with Gasteiger partial charge in [-0.25, -0.2) is 4.98 Å². The average molecular weight is 271 g/mol. The van der Waals surface area contributed by atoms with E-state index in [0.29, 0.717) is 6.54 Å². The molecule has 0 aromatic carbocycles. The normalized spacial score (nSPS) is 11.2. The highest BCUT2D eigenvalue weighted by atomic mass is 16.5. The molecule has 3 aromatic rings. The van der Waals surface area contributed by atoms with Crippen LogP contribution < -0.4 is 5.32 Å². The van der Waals surface area contributed by atoms with E-state index in [1.165, 1.54) is 0 Å². The number of nitrogens with zero attached hydrogens (tertiary/aromatic N) is 4. The topological polar surface area (TPSA) is 68.2 Å². The van der Waals surface area contributed by atoms with Crippen molar-refractivity contribution in [3.8, 4) is 0 Å². The predicted octanol–water partition coefficient (Wildman–Crippen LogP) is 2.51. The van der Waals surface area contributed by atoms with E-state index in [2.05, 4.69) is 27.5 Å². The molecule has 0 aliphatic rings. The summed E-state index contributed by atoms with van der Waals surface area (Å²) in [6.07, 6.45) is 2.46. The second kappa shape index (κ2) is 4.96. The molecule has 0 radical (unpaired) electrons. The van der Waals surface area contributed by atoms with Gasteiger partial charge in [-0.15, -0.1) is 0 Å². The molecule has 3 aromatic heterocycles. The van der Waals surface area contributed by atoms with E-state index in [1.54, 1.807) is 6.26 Å². The Bertz CT molecular complexity index is 730. The standard InChI is InChI=1S/C14H17N5O/c1-4-11-7-13(15-8-12-5-6-20-18-12)19-14(16-11)9(2)10(3)17-19/h5-7,15H,4,8H2,1-3H3. The molecule has 0 fully saturated rings. The summed E-state index contributed by atoms with van der Waals surface area (Å²) in [5.74, 6) is 0.922. The molecule has 3 heterocycles. The zero-order valence-electron chi connectivity index (χ0n) is 11.8. The Balaban J connectivity index is 2.01. The van der Waals surface area contributed by atoms with Gasteiger partial charge in [-0.2, -0.15) is 9.61 Å². The van der Waals surface area contributed by atoms with Gasteiger partial charge in [-0.1, -0.05) is 12.1 Å². The lowest BCUT2D eigenvalue weighted by atomic mass is 10.2. The van der Waals surface area contributed by atoms with Gasteiger partial charge in [-0.3, -0.25) is 0 Å². The van der Waals surface area contributed by atoms with Crippen LogP contribution in [-0.2, 0) is 13.0 Å². The molecule has 3 rings (SSSR count). The van der Waals surface area contributed by atoms with Crippen LogP contribution >= 0.6 is 0 Å². The molecule has 0 saturated carbocycles. The lowest BCUT2D eigenvalue weighted by Gasteiger charge is -2.08. The summed E-state index contributed by atoms with van der Waals surface area (Å²) in [6, 6.07) is 3.87. The molecule has 0 spiro atoms. The third kappa shape index (κ3) is 2.13. The molecule has 6 heteroatoms. The number of fused-ring (bicyclic) bond motifs is 1. The number of aryl methyl sites for hydroxylation is 3. The minimum Gasteiger partial charge on any atom is -0.364 e. The van der Waals surface area contributed by atoms with E-state index < -0.39 is 0 Å². The first-order valence-electron chi connectivity index (χ1n) is 6.68. The lowest BCUT2D eigenvalue weighted by molar-refractivity contribution is 0.412. The quantitative estimate of drug-likeness (QED) is 0.789. The largest absolute Gasteiger partial charge is 0.364 e. The molecule has 0 saturated heterocycles. The maximum atomic E-state index is 4.83. The van der Waals surface area contributed by atoms with Crippen molar-refractivity contribution in [1.29, 1.82) is 0 Å². The van der Waals surface area contributed by atoms with Crippen molar-refractivity contribution >= 4 is 11.5 Å². The maximum Gasteiger partial charge on any atom is 0.160 e. The van der Waals surface area contributed by atoms with E-state index >= 15 is 0 Å². The molecule has 20 heavy (non-hydrogen) atoms. The van der Waals surface area contributed by atoms with Crippen LogP contribution in [0.25, 0.3) is 5.65 Å². The van der Waals surface area contributed by atoms with Crippen LogP contribution in [0.5, 0.6) is 0 Å². The predicted molar refractivity (Wildman–Crippen MR) is 75.7 cm³/mol. The highest BCUT2D eigenvalue weighted by Crippen LogP contribution is 2.19. The number of anilines is 1. The van der Waals surface area contributed by atoms with E-state index in [1.807, 2.05) is 30.5 Å². The Morgan fingerprint density at radius 2 is 2.15 bits per heavy atom. The van der Waals surface area contributed by atoms with E-state index in [9.17, 15) is 0 Å². The zero-order valence-corrected chi connectivity index (χ0v) is 11.8. The van der Waals surface area contributed by atoms with E-state index in [0.717, 1.165) is 40.5 Å². The first kappa shape index (κ1) is 12.7. The van der Waals surface area contributed by atoms with E-state index in [4.69, 9.17) is 4.52 Å². The molecule has 0 atom stereocenters. The monoisotopic (exact) mass is 271 g/mol. The Hall–Kier alpha value is -2.37. The van der Waals surface area contributed by atoms with Crippen LogP contribution in [0.2, 0.25) is 0 Å². The number of hydrogen-bond donors (Lipinski definition) is 1. The van der Waals surface area contributed by atoms with Crippen molar-refractivity contribution in [2.45, 2.75) is 33.7 Å². The molecule has 0 unspecified atom stereocenters. The van der Waals surface area contributed by atoms with Gasteiger partial charge >= 0.3 is 0 Å². The Morgan fingerprint density at radius 3 is 2.85 bits per heavy atom. The van der Waals surface area contributed by atoms with Crippen molar-refractivity contribution in [3.05, 3.63) is 41.0 Å². The van der Waals surface area contributed by atoms with Gasteiger partial charge in [0.05, 0.1) is 12.2 Å². The minimum atomic E-state index is 0.594. The first-order chi connectivity index (χ1) is 9.69. The number of nitrogens with one attached hydrogen (secondary N) is 1. The van der Waals surface area contributed by atoms with Gasteiger partial charge in [0, 0.05) is 23.4 Å². The van der Waals surface area contributed by atoms with Crippen molar-refractivity contribution in [2.75, 3.05) is 5.32 Å². The summed E-state index contributed by atoms with van der Waals surface area (Å²) in [5, 5.41) is 11.8. The fourth-order valence-electron chi connectivity index (χ4n) is 2.10. The van der Waals surface area contributed by atoms with Crippen molar-refractivity contribution in [3.63, 3.8) is 0 Å². The smallest absolute Gasteiger partial charge is 0.160 e. The average Bonchev–Trinajstić information content (AvgIpc) is 3.06. The number of rotatable bonds is 4. The Labute approximate surface area is 116 Å². The fourth-order valence-corrected chi connectivity index (χ4v) is 2.10. The van der Waals surface area contributed by atoms with E-state index in [-0.39, 0.29) is 0 Å². The van der Waals surface area contributed by atoms with Gasteiger partial charge in [0.1, 0.15) is 17.8 Å². The zero-order chi connectivity index (χ0) is 14.1. The van der Waals surface area contributed by atoms with Gasteiger partial charge in [0.15, 0.2) is 5.65 Å². The Morgan fingerprint density at radius 1 is 1.30 bits per heavy atom. The molecular formula is C14H17N5O. The van der Waals surface area contributed by atoms with Crippen molar-refractivity contribution in [1.82, 2.24) is 19.8 Å². The third-order valence-corrected chi connectivity index (χ3v) is 3.41. The summed E-state index contributed by atoms with van der Waals surface area (Å²) in [4.78, 5) is 4.65. The highest BCUT2D eigenvalue weighted by molar-refractivity contribution is 5.56. The summed E-state index contributed by atoms with van der Waals surface area (Å²) in [7, 11) is 0. The van der Waals surface area contributed by atoms with Crippen LogP contribution in [0.15, 0.2) is 22.9 Å². The lowest BCUT2D eigenvalue weighted by Crippen LogP contribution is -2.07. The Kier molecular flexibility index (Phi) is 3.14. The molecular weight excluding hydrogens is 254 g/mol. The van der Waals surface area contributed by atoms with Gasteiger partial charge < -0.3 is 9.84 Å². The van der Waals surface area contributed by atoms with Gasteiger partial charge in [0.25, 0.3) is 0 Å².